The number of amides is 2. The maximum atomic E-state index is 15.1. The molecule has 0 radical (unpaired) electrons. The first-order valence-electron chi connectivity index (χ1n) is 20.4. The van der Waals surface area contributed by atoms with Gasteiger partial charge in [-0.1, -0.05) is 51.8 Å². The maximum absolute atomic E-state index is 15.1. The number of benzene rings is 1. The van der Waals surface area contributed by atoms with E-state index >= 15 is 4.79 Å². The second kappa shape index (κ2) is 19.1. The Kier molecular flexibility index (Phi) is 14.9. The molecule has 5 rings (SSSR count). The molecule has 328 valence electrons. The van der Waals surface area contributed by atoms with Gasteiger partial charge in [0.1, 0.15) is 16.4 Å². The van der Waals surface area contributed by atoms with Gasteiger partial charge in [0, 0.05) is 60.9 Å². The minimum absolute atomic E-state index is 0.0152. The van der Waals surface area contributed by atoms with Gasteiger partial charge in [-0.05, 0) is 63.5 Å². The fourth-order valence-electron chi connectivity index (χ4n) is 8.91. The number of pyridine rings is 1. The van der Waals surface area contributed by atoms with Gasteiger partial charge in [-0.3, -0.25) is 14.6 Å². The highest BCUT2D eigenvalue weighted by Crippen LogP contribution is 2.45. The number of ether oxygens (including phenoxy) is 2. The molecule has 3 aromatic rings. The Hall–Kier alpha value is -4.40. The summed E-state index contributed by atoms with van der Waals surface area (Å²) in [7, 11) is 0. The van der Waals surface area contributed by atoms with E-state index in [1.54, 1.807) is 31.2 Å². The summed E-state index contributed by atoms with van der Waals surface area (Å²) >= 11 is 0.369. The number of aromatic nitrogens is 1. The summed E-state index contributed by atoms with van der Waals surface area (Å²) in [5.41, 5.74) is -5.10. The number of nitriles is 1. The number of carbonyl (C=O) groups excluding carboxylic acids is 2. The SMILES string of the molecule is CCCC1N(C(=O)c2cnccc2C(F)(F)F)CCCC1(Oc1csc(C(F)(F)F)c1)C(=O)N1CCC(C#N)(c2ccccc2OCCCC(CC)(CCC)C(O)O)CC1. The summed E-state index contributed by atoms with van der Waals surface area (Å²) in [6.07, 6.45) is -5.58. The van der Waals surface area contributed by atoms with Crippen molar-refractivity contribution < 1.29 is 55.6 Å². The lowest BCUT2D eigenvalue weighted by Gasteiger charge is -2.51. The smallest absolute Gasteiger partial charge is 0.425 e. The predicted molar refractivity (Wildman–Crippen MR) is 211 cm³/mol. The number of nitrogens with zero attached hydrogens (tertiary/aromatic N) is 4. The Bertz CT molecular complexity index is 1980. The zero-order valence-corrected chi connectivity index (χ0v) is 34.8. The number of hydrogen-bond donors (Lipinski definition) is 2. The van der Waals surface area contributed by atoms with E-state index in [0.717, 1.165) is 30.3 Å². The van der Waals surface area contributed by atoms with E-state index in [1.165, 1.54) is 9.80 Å². The number of piperidine rings is 2. The molecule has 2 saturated heterocycles. The maximum Gasteiger partial charge on any atom is 0.425 e. The molecule has 3 atom stereocenters. The molecule has 2 aromatic heterocycles. The van der Waals surface area contributed by atoms with Crippen molar-refractivity contribution in [2.24, 2.45) is 5.41 Å². The van der Waals surface area contributed by atoms with E-state index in [9.17, 15) is 46.6 Å². The number of aliphatic hydroxyl groups excluding tert-OH is 1. The third kappa shape index (κ3) is 9.71. The fraction of sp³-hybridized carbons (Fsp3) is 0.581. The van der Waals surface area contributed by atoms with Gasteiger partial charge in [-0.2, -0.15) is 31.6 Å². The first kappa shape index (κ1) is 46.7. The monoisotopic (exact) mass is 866 g/mol. The highest BCUT2D eigenvalue weighted by Gasteiger charge is 2.57. The van der Waals surface area contributed by atoms with Crippen molar-refractivity contribution in [3.8, 4) is 17.6 Å². The molecule has 2 fully saturated rings. The Morgan fingerprint density at radius 1 is 1.00 bits per heavy atom. The predicted octanol–water partition coefficient (Wildman–Crippen LogP) is 9.15. The van der Waals surface area contributed by atoms with Gasteiger partial charge >= 0.3 is 12.4 Å². The Morgan fingerprint density at radius 3 is 2.32 bits per heavy atom. The Balaban J connectivity index is 1.45. The van der Waals surface area contributed by atoms with E-state index < -0.39 is 68.9 Å². The Labute approximate surface area is 350 Å². The van der Waals surface area contributed by atoms with Crippen LogP contribution in [0.3, 0.4) is 0 Å². The molecule has 2 aliphatic heterocycles. The summed E-state index contributed by atoms with van der Waals surface area (Å²) in [4.78, 5) is 34.7. The zero-order chi connectivity index (χ0) is 43.9. The summed E-state index contributed by atoms with van der Waals surface area (Å²) in [5, 5.41) is 32.2. The highest BCUT2D eigenvalue weighted by molar-refractivity contribution is 7.10. The second-order valence-corrected chi connectivity index (χ2v) is 16.6. The van der Waals surface area contributed by atoms with Crippen LogP contribution in [0.5, 0.6) is 11.5 Å². The molecule has 0 bridgehead atoms. The van der Waals surface area contributed by atoms with Crippen LogP contribution in [0.1, 0.15) is 118 Å². The molecular formula is C43H52F6N4O6S. The first-order chi connectivity index (χ1) is 28.4. The van der Waals surface area contributed by atoms with E-state index in [-0.39, 0.29) is 64.1 Å². The number of rotatable bonds is 16. The van der Waals surface area contributed by atoms with Crippen LogP contribution in [0.15, 0.2) is 54.2 Å². The second-order valence-electron chi connectivity index (χ2n) is 15.7. The van der Waals surface area contributed by atoms with Gasteiger partial charge in [0.15, 0.2) is 6.29 Å². The average Bonchev–Trinajstić information content (AvgIpc) is 3.71. The molecular weight excluding hydrogens is 815 g/mol. The third-order valence-electron chi connectivity index (χ3n) is 12.2. The number of para-hydroxylation sites is 1. The lowest BCUT2D eigenvalue weighted by Crippen LogP contribution is -2.68. The molecule has 1 aromatic carbocycles. The molecule has 17 heteroatoms. The third-order valence-corrected chi connectivity index (χ3v) is 13.1. The van der Waals surface area contributed by atoms with Gasteiger partial charge in [0.2, 0.25) is 5.60 Å². The molecule has 10 nitrogen and oxygen atoms in total. The molecule has 0 spiro atoms. The van der Waals surface area contributed by atoms with Crippen LogP contribution >= 0.6 is 11.3 Å². The molecule has 0 aliphatic carbocycles. The summed E-state index contributed by atoms with van der Waals surface area (Å²) < 4.78 is 96.3. The van der Waals surface area contributed by atoms with E-state index in [2.05, 4.69) is 11.1 Å². The topological polar surface area (TPSA) is 136 Å². The van der Waals surface area contributed by atoms with Crippen molar-refractivity contribution >= 4 is 23.2 Å². The minimum Gasteiger partial charge on any atom is -0.493 e. The quantitative estimate of drug-likeness (QED) is 0.0827. The lowest BCUT2D eigenvalue weighted by molar-refractivity contribution is -0.160. The molecule has 4 heterocycles. The van der Waals surface area contributed by atoms with Crippen LogP contribution < -0.4 is 9.47 Å². The zero-order valence-electron chi connectivity index (χ0n) is 33.9. The van der Waals surface area contributed by atoms with Crippen LogP contribution in [-0.4, -0.2) is 81.0 Å². The van der Waals surface area contributed by atoms with Crippen molar-refractivity contribution in [1.29, 1.82) is 5.26 Å². The number of likely N-dealkylation sites (tertiary alicyclic amines) is 2. The van der Waals surface area contributed by atoms with Gasteiger partial charge in [-0.15, -0.1) is 11.3 Å². The largest absolute Gasteiger partial charge is 0.493 e. The van der Waals surface area contributed by atoms with Crippen molar-refractivity contribution in [2.45, 2.75) is 127 Å². The molecule has 60 heavy (non-hydrogen) atoms. The summed E-state index contributed by atoms with van der Waals surface area (Å²) in [5.74, 6) is -1.47. The average molecular weight is 867 g/mol. The van der Waals surface area contributed by atoms with Crippen LogP contribution in [0, 0.1) is 16.7 Å². The standard InChI is InChI=1S/C43H52F6N4O6S/c1-4-11-34-41(59-29-25-35(60-27-29)43(47,48)49,17-9-21-53(34)36(54)30-26-51-20-14-31(30)42(44,45)46)37(55)52-22-18-40(28-50,19-23-52)32-12-7-8-13-33(32)58-24-10-16-39(6-3,15-5-2)38(56)57/h7-8,12-14,20,25-27,34,38,56-57H,4-6,9-11,15-19,21-24H2,1-3H3. The molecule has 3 unspecified atom stereocenters. The van der Waals surface area contributed by atoms with Crippen LogP contribution in [-0.2, 0) is 22.6 Å². The molecule has 2 aliphatic rings. The number of thiophene rings is 1. The van der Waals surface area contributed by atoms with Gasteiger partial charge in [-0.25, -0.2) is 0 Å². The number of carbonyl (C=O) groups is 2. The molecule has 2 N–H and O–H groups in total. The van der Waals surface area contributed by atoms with Crippen LogP contribution in [0.2, 0.25) is 0 Å². The van der Waals surface area contributed by atoms with Crippen molar-refractivity contribution in [1.82, 2.24) is 14.8 Å². The number of aliphatic hydroxyl groups is 2. The normalized spacial score (nSPS) is 20.7. The van der Waals surface area contributed by atoms with Gasteiger partial charge in [0.25, 0.3) is 11.8 Å². The summed E-state index contributed by atoms with van der Waals surface area (Å²) in [6, 6.07) is 9.82. The van der Waals surface area contributed by atoms with Crippen molar-refractivity contribution in [3.63, 3.8) is 0 Å². The number of halogens is 6. The molecule has 2 amide bonds. The van der Waals surface area contributed by atoms with E-state index in [0.29, 0.717) is 60.8 Å². The summed E-state index contributed by atoms with van der Waals surface area (Å²) in [6.45, 7) is 5.89. The van der Waals surface area contributed by atoms with E-state index in [1.807, 2.05) is 13.8 Å². The number of hydrogen-bond acceptors (Lipinski definition) is 9. The molecule has 0 saturated carbocycles. The van der Waals surface area contributed by atoms with Crippen molar-refractivity contribution in [2.75, 3.05) is 26.2 Å². The van der Waals surface area contributed by atoms with Crippen molar-refractivity contribution in [3.05, 3.63) is 75.7 Å². The van der Waals surface area contributed by atoms with E-state index in [4.69, 9.17) is 9.47 Å². The lowest BCUT2D eigenvalue weighted by atomic mass is 9.72. The minimum atomic E-state index is -4.90. The van der Waals surface area contributed by atoms with Gasteiger partial charge in [0.05, 0.1) is 35.3 Å². The van der Waals surface area contributed by atoms with Crippen LogP contribution in [0.4, 0.5) is 26.3 Å². The number of alkyl halides is 6. The fourth-order valence-corrected chi connectivity index (χ4v) is 9.59. The Morgan fingerprint density at radius 2 is 1.72 bits per heavy atom. The van der Waals surface area contributed by atoms with Crippen LogP contribution in [0.25, 0.3) is 0 Å². The first-order valence-corrected chi connectivity index (χ1v) is 21.3. The highest BCUT2D eigenvalue weighted by atomic mass is 32.1. The van der Waals surface area contributed by atoms with Gasteiger partial charge < -0.3 is 29.5 Å².